The molecule has 0 radical (unpaired) electrons. The topological polar surface area (TPSA) is 90.7 Å². The van der Waals surface area contributed by atoms with Crippen LogP contribution in [0.2, 0.25) is 0 Å². The van der Waals surface area contributed by atoms with E-state index in [0.717, 1.165) is 0 Å². The molecule has 0 aliphatic carbocycles. The molecule has 0 saturated heterocycles. The summed E-state index contributed by atoms with van der Waals surface area (Å²) in [4.78, 5) is 24.3. The number of hydrogen-bond donors (Lipinski definition) is 1. The molecule has 1 aromatic carbocycles. The molecule has 7 nitrogen and oxygen atoms in total. The van der Waals surface area contributed by atoms with Crippen molar-refractivity contribution < 1.29 is 23.6 Å². The number of esters is 1. The van der Waals surface area contributed by atoms with Gasteiger partial charge in [0.15, 0.2) is 5.54 Å². The van der Waals surface area contributed by atoms with E-state index in [0.29, 0.717) is 11.4 Å². The summed E-state index contributed by atoms with van der Waals surface area (Å²) in [6.07, 6.45) is 0. The fourth-order valence-electron chi connectivity index (χ4n) is 1.90. The van der Waals surface area contributed by atoms with Crippen molar-refractivity contribution in [3.63, 3.8) is 0 Å². The minimum Gasteiger partial charge on any atom is -0.491 e. The van der Waals surface area contributed by atoms with Crippen molar-refractivity contribution in [2.24, 2.45) is 0 Å². The molecule has 7 heteroatoms. The van der Waals surface area contributed by atoms with E-state index in [1.807, 2.05) is 6.07 Å². The highest BCUT2D eigenvalue weighted by molar-refractivity contribution is 5.96. The Morgan fingerprint density at radius 3 is 2.57 bits per heavy atom. The lowest BCUT2D eigenvalue weighted by molar-refractivity contribution is -0.148. The first-order valence-corrected chi connectivity index (χ1v) is 6.97. The Hall–Kier alpha value is -2.83. The number of rotatable bonds is 6. The van der Waals surface area contributed by atoms with Gasteiger partial charge >= 0.3 is 5.97 Å². The largest absolute Gasteiger partial charge is 0.491 e. The molecule has 1 N–H and O–H groups in total. The number of carbonyl (C=O) groups excluding carboxylic acids is 2. The summed E-state index contributed by atoms with van der Waals surface area (Å²) >= 11 is 0. The lowest BCUT2D eigenvalue weighted by atomic mass is 10.0. The Bertz CT molecular complexity index is 683. The summed E-state index contributed by atoms with van der Waals surface area (Å²) in [5.41, 5.74) is -0.807. The number of methoxy groups -OCH3 is 1. The second kappa shape index (κ2) is 6.95. The number of benzene rings is 1. The standard InChI is InChI=1S/C16H18N2O5/c1-11-9-13(23-18-11)14(19)17-16(2,15(20)21-3)10-22-12-7-5-4-6-8-12/h4-9H,10H2,1-3H3,(H,17,19). The highest BCUT2D eigenvalue weighted by Gasteiger charge is 2.38. The Morgan fingerprint density at radius 2 is 2.00 bits per heavy atom. The fourth-order valence-corrected chi connectivity index (χ4v) is 1.90. The van der Waals surface area contributed by atoms with Crippen LogP contribution in [-0.2, 0) is 9.53 Å². The smallest absolute Gasteiger partial charge is 0.334 e. The number of nitrogens with one attached hydrogen (secondary N) is 1. The van der Waals surface area contributed by atoms with Crippen LogP contribution in [0.25, 0.3) is 0 Å². The van der Waals surface area contributed by atoms with E-state index in [9.17, 15) is 9.59 Å². The van der Waals surface area contributed by atoms with Crippen LogP contribution in [0.4, 0.5) is 0 Å². The summed E-state index contributed by atoms with van der Waals surface area (Å²) in [5, 5.41) is 6.21. The van der Waals surface area contributed by atoms with Gasteiger partial charge in [0.1, 0.15) is 12.4 Å². The van der Waals surface area contributed by atoms with Gasteiger partial charge < -0.3 is 19.3 Å². The van der Waals surface area contributed by atoms with Gasteiger partial charge in [-0.2, -0.15) is 0 Å². The molecule has 1 amide bonds. The molecule has 122 valence electrons. The van der Waals surface area contributed by atoms with E-state index in [2.05, 4.69) is 10.5 Å². The molecule has 1 aromatic heterocycles. The maximum absolute atomic E-state index is 12.2. The number of nitrogens with zero attached hydrogens (tertiary/aromatic N) is 1. The molecule has 1 atom stereocenters. The second-order valence-electron chi connectivity index (χ2n) is 5.21. The van der Waals surface area contributed by atoms with E-state index in [4.69, 9.17) is 14.0 Å². The monoisotopic (exact) mass is 318 g/mol. The van der Waals surface area contributed by atoms with Crippen molar-refractivity contribution in [3.05, 3.63) is 47.9 Å². The van der Waals surface area contributed by atoms with Gasteiger partial charge in [-0.1, -0.05) is 23.4 Å². The Labute approximate surface area is 133 Å². The average Bonchev–Trinajstić information content (AvgIpc) is 3.00. The van der Waals surface area contributed by atoms with E-state index in [1.165, 1.54) is 20.1 Å². The van der Waals surface area contributed by atoms with Crippen LogP contribution in [0.1, 0.15) is 23.2 Å². The molecular weight excluding hydrogens is 300 g/mol. The van der Waals surface area contributed by atoms with Crippen LogP contribution in [0.3, 0.4) is 0 Å². The molecule has 0 spiro atoms. The first-order chi connectivity index (χ1) is 10.9. The average molecular weight is 318 g/mol. The quantitative estimate of drug-likeness (QED) is 0.816. The minimum atomic E-state index is -1.37. The van der Waals surface area contributed by atoms with Crippen LogP contribution in [0.15, 0.2) is 40.9 Å². The number of amides is 1. The SMILES string of the molecule is COC(=O)C(C)(COc1ccccc1)NC(=O)c1cc(C)no1. The van der Waals surface area contributed by atoms with Crippen molar-refractivity contribution in [1.82, 2.24) is 10.5 Å². The molecule has 1 unspecified atom stereocenters. The van der Waals surface area contributed by atoms with Crippen molar-refractivity contribution in [3.8, 4) is 5.75 Å². The summed E-state index contributed by atoms with van der Waals surface area (Å²) < 4.78 is 15.2. The van der Waals surface area contributed by atoms with Gasteiger partial charge in [-0.3, -0.25) is 4.79 Å². The number of ether oxygens (including phenoxy) is 2. The van der Waals surface area contributed by atoms with Gasteiger partial charge in [-0.15, -0.1) is 0 Å². The van der Waals surface area contributed by atoms with Gasteiger partial charge in [-0.05, 0) is 26.0 Å². The first kappa shape index (κ1) is 16.5. The Morgan fingerprint density at radius 1 is 1.30 bits per heavy atom. The van der Waals surface area contributed by atoms with Gasteiger partial charge in [0, 0.05) is 6.07 Å². The predicted octanol–water partition coefficient (Wildman–Crippen LogP) is 1.72. The molecule has 0 aliphatic rings. The van der Waals surface area contributed by atoms with E-state index in [-0.39, 0.29) is 12.4 Å². The number of aryl methyl sites for hydroxylation is 1. The minimum absolute atomic E-state index is 0.0114. The molecule has 23 heavy (non-hydrogen) atoms. The molecule has 2 aromatic rings. The lowest BCUT2D eigenvalue weighted by Gasteiger charge is -2.27. The second-order valence-corrected chi connectivity index (χ2v) is 5.21. The Balaban J connectivity index is 2.11. The van der Waals surface area contributed by atoms with Crippen molar-refractivity contribution >= 4 is 11.9 Å². The fraction of sp³-hybridized carbons (Fsp3) is 0.312. The number of hydrogen-bond acceptors (Lipinski definition) is 6. The molecule has 0 aliphatic heterocycles. The zero-order chi connectivity index (χ0) is 16.9. The van der Waals surface area contributed by atoms with Crippen LogP contribution < -0.4 is 10.1 Å². The number of para-hydroxylation sites is 1. The summed E-state index contributed by atoms with van der Waals surface area (Å²) in [5.74, 6) is -0.613. The highest BCUT2D eigenvalue weighted by Crippen LogP contribution is 2.15. The molecule has 1 heterocycles. The molecule has 0 fully saturated rings. The van der Waals surface area contributed by atoms with E-state index < -0.39 is 17.4 Å². The van der Waals surface area contributed by atoms with Crippen molar-refractivity contribution in [2.75, 3.05) is 13.7 Å². The van der Waals surface area contributed by atoms with Crippen LogP contribution >= 0.6 is 0 Å². The number of aromatic nitrogens is 1. The van der Waals surface area contributed by atoms with Crippen LogP contribution in [0.5, 0.6) is 5.75 Å². The van der Waals surface area contributed by atoms with E-state index in [1.54, 1.807) is 31.2 Å². The Kier molecular flexibility index (Phi) is 5.00. The predicted molar refractivity (Wildman–Crippen MR) is 81.1 cm³/mol. The van der Waals surface area contributed by atoms with Gasteiger partial charge in [0.25, 0.3) is 5.91 Å². The molecule has 0 bridgehead atoms. The maximum Gasteiger partial charge on any atom is 0.334 e. The van der Waals surface area contributed by atoms with Crippen LogP contribution in [-0.4, -0.2) is 36.3 Å². The lowest BCUT2D eigenvalue weighted by Crippen LogP contribution is -2.56. The van der Waals surface area contributed by atoms with Crippen molar-refractivity contribution in [1.29, 1.82) is 0 Å². The van der Waals surface area contributed by atoms with Crippen LogP contribution in [0, 0.1) is 6.92 Å². The van der Waals surface area contributed by atoms with Crippen molar-refractivity contribution in [2.45, 2.75) is 19.4 Å². The van der Waals surface area contributed by atoms with Gasteiger partial charge in [-0.25, -0.2) is 4.79 Å². The zero-order valence-corrected chi connectivity index (χ0v) is 13.2. The zero-order valence-electron chi connectivity index (χ0n) is 13.2. The summed E-state index contributed by atoms with van der Waals surface area (Å²) in [6, 6.07) is 10.4. The molecule has 0 saturated carbocycles. The normalized spacial score (nSPS) is 13.0. The first-order valence-electron chi connectivity index (χ1n) is 6.97. The highest BCUT2D eigenvalue weighted by atomic mass is 16.5. The maximum atomic E-state index is 12.2. The van der Waals surface area contributed by atoms with E-state index >= 15 is 0 Å². The molecule has 2 rings (SSSR count). The van der Waals surface area contributed by atoms with Gasteiger partial charge in [0.2, 0.25) is 5.76 Å². The third-order valence-electron chi connectivity index (χ3n) is 3.15. The van der Waals surface area contributed by atoms with Gasteiger partial charge in [0.05, 0.1) is 12.8 Å². The number of carbonyl (C=O) groups is 2. The third kappa shape index (κ3) is 4.09. The summed E-state index contributed by atoms with van der Waals surface area (Å²) in [7, 11) is 1.24. The summed E-state index contributed by atoms with van der Waals surface area (Å²) in [6.45, 7) is 3.11. The third-order valence-corrected chi connectivity index (χ3v) is 3.15. The molecular formula is C16H18N2O5.